The number of nitrogens with zero attached hydrogens (tertiary/aromatic N) is 4. The van der Waals surface area contributed by atoms with E-state index in [-0.39, 0.29) is 0 Å². The summed E-state index contributed by atoms with van der Waals surface area (Å²) in [4.78, 5) is 4.64. The lowest BCUT2D eigenvalue weighted by Crippen LogP contribution is -2.07. The zero-order valence-corrected chi connectivity index (χ0v) is 13.7. The third-order valence-corrected chi connectivity index (χ3v) is 4.10. The molecule has 0 radical (unpaired) electrons. The fraction of sp³-hybridized carbons (Fsp3) is 0.333. The Bertz CT molecular complexity index is 817. The standard InChI is InChI=1S/C15H16Cl2N4/c1-4-20-15-14(10(3)19-20)18-13(8-16)21(15)12-7-9(2)5-6-11(12)17/h5-7H,4,8H2,1-3H3. The molecule has 3 rings (SSSR count). The molecule has 110 valence electrons. The molecule has 0 saturated heterocycles. The summed E-state index contributed by atoms with van der Waals surface area (Å²) in [5.41, 5.74) is 4.75. The van der Waals surface area contributed by atoms with Gasteiger partial charge in [-0.3, -0.25) is 4.57 Å². The third-order valence-electron chi connectivity index (χ3n) is 3.54. The molecule has 2 heterocycles. The lowest BCUT2D eigenvalue weighted by molar-refractivity contribution is 0.660. The number of imidazole rings is 1. The third kappa shape index (κ3) is 2.23. The lowest BCUT2D eigenvalue weighted by Gasteiger charge is -2.11. The topological polar surface area (TPSA) is 35.6 Å². The van der Waals surface area contributed by atoms with E-state index in [0.29, 0.717) is 10.9 Å². The molecule has 1 aromatic carbocycles. The normalized spacial score (nSPS) is 11.5. The average molecular weight is 323 g/mol. The number of alkyl halides is 1. The monoisotopic (exact) mass is 322 g/mol. The van der Waals surface area contributed by atoms with E-state index in [4.69, 9.17) is 23.2 Å². The van der Waals surface area contributed by atoms with Crippen LogP contribution in [0.15, 0.2) is 18.2 Å². The van der Waals surface area contributed by atoms with Crippen LogP contribution >= 0.6 is 23.2 Å². The molecule has 0 aliphatic carbocycles. The number of hydrogen-bond acceptors (Lipinski definition) is 2. The zero-order chi connectivity index (χ0) is 15.1. The Morgan fingerprint density at radius 1 is 1.24 bits per heavy atom. The first-order chi connectivity index (χ1) is 10.1. The first-order valence-corrected chi connectivity index (χ1v) is 7.75. The van der Waals surface area contributed by atoms with Gasteiger partial charge in [0.2, 0.25) is 0 Å². The van der Waals surface area contributed by atoms with Gasteiger partial charge in [0.15, 0.2) is 5.65 Å². The first-order valence-electron chi connectivity index (χ1n) is 6.84. The van der Waals surface area contributed by atoms with Gasteiger partial charge < -0.3 is 0 Å². The maximum atomic E-state index is 6.40. The van der Waals surface area contributed by atoms with Crippen molar-refractivity contribution >= 4 is 34.4 Å². The van der Waals surface area contributed by atoms with Crippen LogP contribution in [0.5, 0.6) is 0 Å². The second-order valence-electron chi connectivity index (χ2n) is 5.03. The SMILES string of the molecule is CCn1nc(C)c2nc(CCl)n(-c3cc(C)ccc3Cl)c21. The molecule has 0 fully saturated rings. The maximum absolute atomic E-state index is 6.40. The second kappa shape index (κ2) is 5.35. The molecule has 0 bridgehead atoms. The predicted molar refractivity (Wildman–Crippen MR) is 86.6 cm³/mol. The van der Waals surface area contributed by atoms with Crippen molar-refractivity contribution in [2.75, 3.05) is 0 Å². The van der Waals surface area contributed by atoms with Gasteiger partial charge in [0.1, 0.15) is 11.3 Å². The highest BCUT2D eigenvalue weighted by Crippen LogP contribution is 2.29. The summed E-state index contributed by atoms with van der Waals surface area (Å²) in [6.45, 7) is 6.82. The van der Waals surface area contributed by atoms with E-state index in [0.717, 1.165) is 40.5 Å². The van der Waals surface area contributed by atoms with Gasteiger partial charge in [-0.25, -0.2) is 9.67 Å². The van der Waals surface area contributed by atoms with Crippen LogP contribution in [0, 0.1) is 13.8 Å². The molecule has 21 heavy (non-hydrogen) atoms. The van der Waals surface area contributed by atoms with Crippen LogP contribution in [-0.4, -0.2) is 19.3 Å². The fourth-order valence-corrected chi connectivity index (χ4v) is 2.95. The van der Waals surface area contributed by atoms with E-state index in [9.17, 15) is 0 Å². The van der Waals surface area contributed by atoms with Crippen LogP contribution in [0.4, 0.5) is 0 Å². The summed E-state index contributed by atoms with van der Waals surface area (Å²) in [6, 6.07) is 5.93. The minimum Gasteiger partial charge on any atom is -0.278 e. The molecule has 3 aromatic rings. The fourth-order valence-electron chi connectivity index (χ4n) is 2.57. The summed E-state index contributed by atoms with van der Waals surface area (Å²) in [5, 5.41) is 5.20. The molecule has 0 spiro atoms. The molecule has 4 nitrogen and oxygen atoms in total. The molecule has 0 unspecified atom stereocenters. The molecule has 2 aromatic heterocycles. The molecule has 0 amide bonds. The number of benzene rings is 1. The highest BCUT2D eigenvalue weighted by atomic mass is 35.5. The van der Waals surface area contributed by atoms with Crippen molar-refractivity contribution in [1.29, 1.82) is 0 Å². The smallest absolute Gasteiger partial charge is 0.163 e. The number of aryl methyl sites for hydroxylation is 3. The number of aromatic nitrogens is 4. The van der Waals surface area contributed by atoms with E-state index < -0.39 is 0 Å². The lowest BCUT2D eigenvalue weighted by atomic mass is 10.2. The molecule has 0 saturated carbocycles. The zero-order valence-electron chi connectivity index (χ0n) is 12.2. The van der Waals surface area contributed by atoms with Gasteiger partial charge in [0.05, 0.1) is 22.3 Å². The summed E-state index contributed by atoms with van der Waals surface area (Å²) >= 11 is 12.5. The maximum Gasteiger partial charge on any atom is 0.163 e. The van der Waals surface area contributed by atoms with Crippen LogP contribution in [0.1, 0.15) is 24.0 Å². The second-order valence-corrected chi connectivity index (χ2v) is 5.70. The van der Waals surface area contributed by atoms with Gasteiger partial charge in [0.25, 0.3) is 0 Å². The van der Waals surface area contributed by atoms with Gasteiger partial charge in [-0.05, 0) is 38.5 Å². The number of halogens is 2. The van der Waals surface area contributed by atoms with Crippen LogP contribution < -0.4 is 0 Å². The summed E-state index contributed by atoms with van der Waals surface area (Å²) in [7, 11) is 0. The van der Waals surface area contributed by atoms with Crippen LogP contribution in [-0.2, 0) is 12.4 Å². The van der Waals surface area contributed by atoms with Gasteiger partial charge in [-0.15, -0.1) is 11.6 Å². The van der Waals surface area contributed by atoms with Gasteiger partial charge in [0, 0.05) is 6.54 Å². The Balaban J connectivity index is 2.42. The van der Waals surface area contributed by atoms with E-state index in [1.54, 1.807) is 0 Å². The molecule has 0 N–H and O–H groups in total. The minimum atomic E-state index is 0.322. The summed E-state index contributed by atoms with van der Waals surface area (Å²) < 4.78 is 3.95. The number of hydrogen-bond donors (Lipinski definition) is 0. The van der Waals surface area contributed by atoms with Crippen LogP contribution in [0.25, 0.3) is 16.9 Å². The quantitative estimate of drug-likeness (QED) is 0.676. The molecular formula is C15H16Cl2N4. The van der Waals surface area contributed by atoms with Crippen molar-refractivity contribution < 1.29 is 0 Å². The largest absolute Gasteiger partial charge is 0.278 e. The Labute approximate surface area is 133 Å². The molecular weight excluding hydrogens is 307 g/mol. The van der Waals surface area contributed by atoms with Gasteiger partial charge in [-0.1, -0.05) is 17.7 Å². The highest BCUT2D eigenvalue weighted by molar-refractivity contribution is 6.32. The molecule has 0 atom stereocenters. The van der Waals surface area contributed by atoms with Crippen molar-refractivity contribution in [2.24, 2.45) is 0 Å². The molecule has 0 aliphatic heterocycles. The van der Waals surface area contributed by atoms with Gasteiger partial charge >= 0.3 is 0 Å². The predicted octanol–water partition coefficient (Wildman–Crippen LogP) is 4.25. The van der Waals surface area contributed by atoms with Crippen molar-refractivity contribution in [3.8, 4) is 5.69 Å². The number of rotatable bonds is 3. The number of fused-ring (bicyclic) bond motifs is 1. The average Bonchev–Trinajstić information content (AvgIpc) is 2.99. The van der Waals surface area contributed by atoms with Crippen molar-refractivity contribution in [2.45, 2.75) is 33.2 Å². The Morgan fingerprint density at radius 2 is 2.00 bits per heavy atom. The molecule has 0 aliphatic rings. The van der Waals surface area contributed by atoms with E-state index >= 15 is 0 Å². The van der Waals surface area contributed by atoms with E-state index in [2.05, 4.69) is 17.0 Å². The highest BCUT2D eigenvalue weighted by Gasteiger charge is 2.20. The Hall–Kier alpha value is -1.52. The van der Waals surface area contributed by atoms with Crippen LogP contribution in [0.2, 0.25) is 5.02 Å². The van der Waals surface area contributed by atoms with Gasteiger partial charge in [-0.2, -0.15) is 5.10 Å². The van der Waals surface area contributed by atoms with Crippen molar-refractivity contribution in [3.05, 3.63) is 40.3 Å². The van der Waals surface area contributed by atoms with E-state index in [1.165, 1.54) is 0 Å². The Morgan fingerprint density at radius 3 is 2.67 bits per heavy atom. The minimum absolute atomic E-state index is 0.322. The van der Waals surface area contributed by atoms with Crippen LogP contribution in [0.3, 0.4) is 0 Å². The van der Waals surface area contributed by atoms with Crippen molar-refractivity contribution in [1.82, 2.24) is 19.3 Å². The summed E-state index contributed by atoms with van der Waals surface area (Å²) in [6.07, 6.45) is 0. The summed E-state index contributed by atoms with van der Waals surface area (Å²) in [5.74, 6) is 1.10. The first kappa shape index (κ1) is 14.4. The molecule has 6 heteroatoms. The van der Waals surface area contributed by atoms with E-state index in [1.807, 2.05) is 41.3 Å². The Kier molecular flexibility index (Phi) is 3.68. The van der Waals surface area contributed by atoms with Crippen molar-refractivity contribution in [3.63, 3.8) is 0 Å².